The molecular formula is C56H94N4O41. The number of rotatable bonds is 26. The van der Waals surface area contributed by atoms with Crippen LogP contribution in [0, 0.1) is 0 Å². The van der Waals surface area contributed by atoms with E-state index in [1.54, 1.807) is 0 Å². The second-order valence-corrected chi connectivity index (χ2v) is 25.4. The SMILES string of the molecule is CC(=O)N[C@H]1[C@H](OC[C@H]2O[C@@H](O[C@H]3[C@H](O)[C@@H](NC(C)=O)[C@H](O[C@H]4[C@@H](O)[C@@H](CO)O[C@@H](O[C@H]5[C@@H](O)[C@@H](CO)OC(O)[C@@H]5NC(C)=O)[C@@H]4O)O[C@@H]3CO)[C@H](O)[C@@H](O[C@@H]3O[C@H](CO)[C@@H](O[C@@H]4O[C@H](CO)[C@H](O)[C@H](O)[C@H]4O)[C@H](O)[C@H]3NC(C)=O)[C@H]2O)O[C@H](CO)[C@@H](O[C@@H]2O[C@H](CO)[C@H](O)[C@H](O)[C@H]2O)[C@@H]1O. The van der Waals surface area contributed by atoms with Crippen molar-refractivity contribution in [2.45, 2.75) is 273 Å². The van der Waals surface area contributed by atoms with Gasteiger partial charge in [0, 0.05) is 27.7 Å². The summed E-state index contributed by atoms with van der Waals surface area (Å²) in [6.07, 6.45) is -71.9. The van der Waals surface area contributed by atoms with Crippen molar-refractivity contribution in [3.8, 4) is 0 Å². The van der Waals surface area contributed by atoms with E-state index >= 15 is 0 Å². The number of ether oxygens (including phenoxy) is 15. The normalized spacial score (nSPS) is 48.3. The van der Waals surface area contributed by atoms with Crippen LogP contribution in [-0.2, 0) is 90.2 Å². The summed E-state index contributed by atoms with van der Waals surface area (Å²) in [6, 6.07) is -7.30. The molecule has 0 bridgehead atoms. The van der Waals surface area contributed by atoms with Crippen molar-refractivity contribution in [2.75, 3.05) is 52.9 Å². The highest BCUT2D eigenvalue weighted by Gasteiger charge is 2.60. The van der Waals surface area contributed by atoms with Crippen LogP contribution in [0.3, 0.4) is 0 Å². The zero-order valence-electron chi connectivity index (χ0n) is 54.3. The van der Waals surface area contributed by atoms with Crippen molar-refractivity contribution >= 4 is 23.6 Å². The van der Waals surface area contributed by atoms with E-state index in [9.17, 15) is 132 Å². The third-order valence-corrected chi connectivity index (χ3v) is 18.2. The summed E-state index contributed by atoms with van der Waals surface area (Å²) in [5.41, 5.74) is 0. The van der Waals surface area contributed by atoms with Crippen molar-refractivity contribution in [1.82, 2.24) is 21.3 Å². The van der Waals surface area contributed by atoms with Crippen molar-refractivity contribution in [1.29, 1.82) is 0 Å². The third-order valence-electron chi connectivity index (χ3n) is 18.2. The summed E-state index contributed by atoms with van der Waals surface area (Å²) < 4.78 is 87.6. The van der Waals surface area contributed by atoms with Crippen molar-refractivity contribution in [3.63, 3.8) is 0 Å². The van der Waals surface area contributed by atoms with Gasteiger partial charge in [0.2, 0.25) is 23.6 Å². The van der Waals surface area contributed by atoms with Gasteiger partial charge in [0.05, 0.1) is 52.9 Å². The van der Waals surface area contributed by atoms with E-state index in [1.807, 2.05) is 0 Å². The number of amides is 4. The van der Waals surface area contributed by atoms with Crippen LogP contribution in [0.15, 0.2) is 0 Å². The van der Waals surface area contributed by atoms with Gasteiger partial charge in [-0.2, -0.15) is 0 Å². The molecule has 0 aromatic rings. The molecule has 4 amide bonds. The first-order chi connectivity index (χ1) is 47.8. The molecule has 101 heavy (non-hydrogen) atoms. The molecule has 8 fully saturated rings. The fourth-order valence-electron chi connectivity index (χ4n) is 13.0. The molecule has 45 nitrogen and oxygen atoms in total. The average molecular weight is 1480 g/mol. The number of aliphatic hydroxyl groups excluding tert-OH is 22. The molecule has 0 aromatic carbocycles. The molecule has 584 valence electrons. The molecule has 0 aromatic heterocycles. The molecule has 26 N–H and O–H groups in total. The summed E-state index contributed by atoms with van der Waals surface area (Å²) in [6.45, 7) is -4.37. The number of carbonyl (C=O) groups excluding carboxylic acids is 4. The van der Waals surface area contributed by atoms with E-state index in [2.05, 4.69) is 21.3 Å². The molecule has 8 rings (SSSR count). The monoisotopic (exact) mass is 1480 g/mol. The topological polar surface area (TPSA) is 700 Å². The van der Waals surface area contributed by atoms with Gasteiger partial charge in [-0.05, 0) is 0 Å². The number of hydrogen-bond acceptors (Lipinski definition) is 41. The lowest BCUT2D eigenvalue weighted by atomic mass is 9.93. The molecule has 45 heteroatoms. The molecule has 8 heterocycles. The lowest BCUT2D eigenvalue weighted by Gasteiger charge is -2.51. The number of aliphatic hydroxyl groups is 22. The molecular weight excluding hydrogens is 1380 g/mol. The predicted molar refractivity (Wildman–Crippen MR) is 311 cm³/mol. The van der Waals surface area contributed by atoms with Gasteiger partial charge < -0.3 is 205 Å². The Morgan fingerprint density at radius 2 is 0.515 bits per heavy atom. The molecule has 8 aliphatic heterocycles. The van der Waals surface area contributed by atoms with Gasteiger partial charge in [0.1, 0.15) is 195 Å². The maximum atomic E-state index is 13.0. The van der Waals surface area contributed by atoms with Gasteiger partial charge in [0.15, 0.2) is 50.3 Å². The van der Waals surface area contributed by atoms with Gasteiger partial charge in [0.25, 0.3) is 0 Å². The molecule has 0 radical (unpaired) electrons. The van der Waals surface area contributed by atoms with E-state index in [1.165, 1.54) is 0 Å². The highest BCUT2D eigenvalue weighted by Crippen LogP contribution is 2.39. The maximum Gasteiger partial charge on any atom is 0.217 e. The highest BCUT2D eigenvalue weighted by atomic mass is 16.8. The van der Waals surface area contributed by atoms with Crippen LogP contribution in [0.4, 0.5) is 0 Å². The zero-order valence-corrected chi connectivity index (χ0v) is 54.3. The Hall–Kier alpha value is -3.60. The van der Waals surface area contributed by atoms with Crippen LogP contribution < -0.4 is 21.3 Å². The van der Waals surface area contributed by atoms with Gasteiger partial charge in [-0.15, -0.1) is 0 Å². The largest absolute Gasteiger partial charge is 0.394 e. The molecule has 1 unspecified atom stereocenters. The third kappa shape index (κ3) is 18.5. The van der Waals surface area contributed by atoms with Crippen LogP contribution >= 0.6 is 0 Å². The van der Waals surface area contributed by atoms with E-state index in [-0.39, 0.29) is 0 Å². The quantitative estimate of drug-likeness (QED) is 0.0382. The predicted octanol–water partition coefficient (Wildman–Crippen LogP) is -17.9. The van der Waals surface area contributed by atoms with Crippen molar-refractivity contribution in [2.24, 2.45) is 0 Å². The minimum Gasteiger partial charge on any atom is -0.394 e. The Morgan fingerprint density at radius 3 is 0.871 bits per heavy atom. The summed E-state index contributed by atoms with van der Waals surface area (Å²) in [5, 5.41) is 251. The summed E-state index contributed by atoms with van der Waals surface area (Å²) in [4.78, 5) is 50.9. The molecule has 0 saturated carbocycles. The molecule has 8 aliphatic rings. The van der Waals surface area contributed by atoms with Crippen LogP contribution in [0.1, 0.15) is 27.7 Å². The Kier molecular flexibility index (Phi) is 29.9. The Morgan fingerprint density at radius 1 is 0.257 bits per heavy atom. The average Bonchev–Trinajstić information content (AvgIpc) is 0.771. The van der Waals surface area contributed by atoms with Crippen molar-refractivity contribution in [3.05, 3.63) is 0 Å². The van der Waals surface area contributed by atoms with Crippen LogP contribution in [-0.4, -0.2) is 434 Å². The number of hydrogen-bond donors (Lipinski definition) is 26. The Labute approximate surface area is 572 Å². The van der Waals surface area contributed by atoms with Gasteiger partial charge in [-0.1, -0.05) is 0 Å². The van der Waals surface area contributed by atoms with E-state index < -0.39 is 322 Å². The van der Waals surface area contributed by atoms with E-state index in [4.69, 9.17) is 71.1 Å². The van der Waals surface area contributed by atoms with Crippen LogP contribution in [0.5, 0.6) is 0 Å². The fraction of sp³-hybridized carbons (Fsp3) is 0.929. The molecule has 8 saturated heterocycles. The minimum atomic E-state index is -2.46. The first-order valence-corrected chi connectivity index (χ1v) is 32.1. The molecule has 40 atom stereocenters. The van der Waals surface area contributed by atoms with E-state index in [0.717, 1.165) is 27.7 Å². The zero-order chi connectivity index (χ0) is 74.5. The molecule has 0 aliphatic carbocycles. The lowest BCUT2D eigenvalue weighted by Crippen LogP contribution is -2.71. The van der Waals surface area contributed by atoms with Crippen LogP contribution in [0.25, 0.3) is 0 Å². The smallest absolute Gasteiger partial charge is 0.217 e. The van der Waals surface area contributed by atoms with E-state index in [0.29, 0.717) is 0 Å². The summed E-state index contributed by atoms with van der Waals surface area (Å²) in [5.74, 6) is -3.55. The number of nitrogens with one attached hydrogen (secondary N) is 4. The summed E-state index contributed by atoms with van der Waals surface area (Å²) in [7, 11) is 0. The van der Waals surface area contributed by atoms with Gasteiger partial charge >= 0.3 is 0 Å². The lowest BCUT2D eigenvalue weighted by molar-refractivity contribution is -0.387. The second-order valence-electron chi connectivity index (χ2n) is 25.4. The summed E-state index contributed by atoms with van der Waals surface area (Å²) >= 11 is 0. The van der Waals surface area contributed by atoms with Gasteiger partial charge in [-0.25, -0.2) is 0 Å². The van der Waals surface area contributed by atoms with Crippen LogP contribution in [0.2, 0.25) is 0 Å². The first-order valence-electron chi connectivity index (χ1n) is 32.1. The highest BCUT2D eigenvalue weighted by molar-refractivity contribution is 5.74. The fourth-order valence-corrected chi connectivity index (χ4v) is 13.0. The Bertz CT molecular complexity index is 2640. The maximum absolute atomic E-state index is 13.0. The first kappa shape index (κ1) is 83.0. The van der Waals surface area contributed by atoms with Crippen molar-refractivity contribution < 1.29 is 203 Å². The van der Waals surface area contributed by atoms with Gasteiger partial charge in [-0.3, -0.25) is 19.2 Å². The molecule has 0 spiro atoms. The standard InChI is InChI=1S/C56H94N4O41/c1-13(68)57-25-34(77)43(96-53-39(82)37(80)29(72)17(5-61)89-53)21(9-65)92-50(25)87-12-24-33(76)48(101-52-26(58-14(2)69)35(78)44(22(10-66)93-52)97-54-40(83)38(81)30(73)18(6-62)90-54)42(85)56(95-24)98-45-23(11-67)94-51(27(36(45)79)59-15(3)70)100-47-32(75)20(8-64)91-55(41(47)84)99-46-28(60-16(4)71)49(86)88-19(7-63)31(46)74/h17-56,61-67,72-86H,5-12H2,1-4H3,(H,57,68)(H,58,69)(H,59,70)(H,60,71)/t17-,18-,19-,20-,21-,22-,23-,24-,25-,26-,27-,28-,29+,30+,31+,32+,33+,34-,35-,36-,37+,38+,39-,40-,41-,42-,43-,44-,45-,46-,47+,48+,49?,50-,51+,52+,53+,54+,55+,56+/m1/s1. The minimum absolute atomic E-state index is 0.785. The number of carbonyl (C=O) groups is 4. The Balaban J connectivity index is 1.10. The second kappa shape index (κ2) is 36.3.